The molecule has 0 aliphatic carbocycles. The minimum atomic E-state index is -0.649. The van der Waals surface area contributed by atoms with Gasteiger partial charge in [0.05, 0.1) is 24.2 Å². The van der Waals surface area contributed by atoms with Crippen LogP contribution in [-0.4, -0.2) is 12.6 Å². The van der Waals surface area contributed by atoms with E-state index in [9.17, 15) is 10.1 Å². The largest absolute Gasteiger partial charge is 0.462 e. The van der Waals surface area contributed by atoms with Crippen LogP contribution < -0.4 is 5.73 Å². The van der Waals surface area contributed by atoms with E-state index in [-0.39, 0.29) is 18.1 Å². The van der Waals surface area contributed by atoms with Gasteiger partial charge in [-0.2, -0.15) is 5.26 Å². The van der Waals surface area contributed by atoms with Gasteiger partial charge in [-0.1, -0.05) is 60.7 Å². The summed E-state index contributed by atoms with van der Waals surface area (Å²) in [6.07, 6.45) is 0. The van der Waals surface area contributed by atoms with Gasteiger partial charge in [0.15, 0.2) is 5.76 Å². The van der Waals surface area contributed by atoms with Crippen LogP contribution in [-0.2, 0) is 14.3 Å². The Hall–Kier alpha value is -3.52. The van der Waals surface area contributed by atoms with Crippen molar-refractivity contribution >= 4 is 11.7 Å². The molecule has 1 aliphatic heterocycles. The summed E-state index contributed by atoms with van der Waals surface area (Å²) >= 11 is 0. The third-order valence-electron chi connectivity index (χ3n) is 4.08. The molecule has 0 unspecified atom stereocenters. The van der Waals surface area contributed by atoms with Crippen molar-refractivity contribution in [2.75, 3.05) is 6.61 Å². The number of benzene rings is 2. The highest BCUT2D eigenvalue weighted by Gasteiger charge is 2.37. The predicted octanol–water partition coefficient (Wildman–Crippen LogP) is 3.47. The van der Waals surface area contributed by atoms with Crippen molar-refractivity contribution in [2.45, 2.75) is 12.8 Å². The molecule has 5 nitrogen and oxygen atoms in total. The molecule has 0 saturated heterocycles. The molecule has 130 valence electrons. The normalized spacial score (nSPS) is 16.7. The Balaban J connectivity index is 2.21. The maximum Gasteiger partial charge on any atom is 0.340 e. The fraction of sp³-hybridized carbons (Fsp3) is 0.143. The summed E-state index contributed by atoms with van der Waals surface area (Å²) in [7, 11) is 0. The smallest absolute Gasteiger partial charge is 0.340 e. The van der Waals surface area contributed by atoms with Crippen LogP contribution in [0.3, 0.4) is 0 Å². The predicted molar refractivity (Wildman–Crippen MR) is 97.1 cm³/mol. The molecule has 0 aromatic heterocycles. The molecule has 0 fully saturated rings. The number of rotatable bonds is 4. The number of hydrogen-bond donors (Lipinski definition) is 1. The van der Waals surface area contributed by atoms with Gasteiger partial charge in [-0.15, -0.1) is 0 Å². The van der Waals surface area contributed by atoms with Gasteiger partial charge in [-0.05, 0) is 12.5 Å². The van der Waals surface area contributed by atoms with Crippen molar-refractivity contribution in [3.05, 3.63) is 88.8 Å². The molecule has 0 saturated carbocycles. The van der Waals surface area contributed by atoms with Gasteiger partial charge in [-0.25, -0.2) is 4.79 Å². The zero-order chi connectivity index (χ0) is 18.5. The van der Waals surface area contributed by atoms with Crippen LogP contribution in [0.2, 0.25) is 0 Å². The summed E-state index contributed by atoms with van der Waals surface area (Å²) in [6.45, 7) is 1.92. The van der Waals surface area contributed by atoms with Crippen LogP contribution in [0.4, 0.5) is 0 Å². The van der Waals surface area contributed by atoms with E-state index in [0.29, 0.717) is 11.3 Å². The molecule has 3 rings (SSSR count). The quantitative estimate of drug-likeness (QED) is 0.857. The first kappa shape index (κ1) is 17.3. The Kier molecular flexibility index (Phi) is 5.04. The number of carbonyl (C=O) groups is 1. The summed E-state index contributed by atoms with van der Waals surface area (Å²) in [5, 5.41) is 9.87. The van der Waals surface area contributed by atoms with E-state index < -0.39 is 11.9 Å². The molecule has 26 heavy (non-hydrogen) atoms. The van der Waals surface area contributed by atoms with Crippen molar-refractivity contribution in [3.63, 3.8) is 0 Å². The fourth-order valence-electron chi connectivity index (χ4n) is 2.96. The van der Waals surface area contributed by atoms with Crippen molar-refractivity contribution in [1.29, 1.82) is 5.26 Å². The number of ether oxygens (including phenoxy) is 2. The molecule has 2 N–H and O–H groups in total. The highest BCUT2D eigenvalue weighted by molar-refractivity contribution is 5.94. The lowest BCUT2D eigenvalue weighted by Gasteiger charge is -2.28. The third kappa shape index (κ3) is 3.17. The zero-order valence-corrected chi connectivity index (χ0v) is 14.3. The Morgan fingerprint density at radius 1 is 1.15 bits per heavy atom. The van der Waals surface area contributed by atoms with E-state index in [1.165, 1.54) is 0 Å². The second-order valence-corrected chi connectivity index (χ2v) is 5.66. The van der Waals surface area contributed by atoms with Crippen molar-refractivity contribution < 1.29 is 14.3 Å². The molecular weight excluding hydrogens is 328 g/mol. The van der Waals surface area contributed by atoms with Crippen molar-refractivity contribution in [1.82, 2.24) is 0 Å². The number of hydrogen-bond acceptors (Lipinski definition) is 5. The van der Waals surface area contributed by atoms with Gasteiger partial charge < -0.3 is 15.2 Å². The van der Waals surface area contributed by atoms with Crippen LogP contribution in [0.5, 0.6) is 0 Å². The highest BCUT2D eigenvalue weighted by atomic mass is 16.5. The Morgan fingerprint density at radius 3 is 2.35 bits per heavy atom. The lowest BCUT2D eigenvalue weighted by atomic mass is 9.82. The van der Waals surface area contributed by atoms with E-state index in [0.717, 1.165) is 11.1 Å². The minimum Gasteiger partial charge on any atom is -0.462 e. The lowest BCUT2D eigenvalue weighted by molar-refractivity contribution is -0.139. The van der Waals surface area contributed by atoms with E-state index in [1.54, 1.807) is 6.92 Å². The first-order valence-corrected chi connectivity index (χ1v) is 8.26. The lowest BCUT2D eigenvalue weighted by Crippen LogP contribution is -2.26. The van der Waals surface area contributed by atoms with Crippen LogP contribution >= 0.6 is 0 Å². The fourth-order valence-corrected chi connectivity index (χ4v) is 2.96. The molecule has 2 aromatic rings. The summed E-state index contributed by atoms with van der Waals surface area (Å²) in [5.41, 5.74) is 8.05. The number of nitriles is 1. The van der Waals surface area contributed by atoms with Crippen molar-refractivity contribution in [3.8, 4) is 6.07 Å². The van der Waals surface area contributed by atoms with Crippen LogP contribution in [0, 0.1) is 11.3 Å². The minimum absolute atomic E-state index is 0.0462. The first-order chi connectivity index (χ1) is 12.7. The number of esters is 1. The summed E-state index contributed by atoms with van der Waals surface area (Å²) in [4.78, 5) is 12.5. The topological polar surface area (TPSA) is 85.3 Å². The Bertz CT molecular complexity index is 909. The molecule has 1 heterocycles. The molecule has 1 atom stereocenters. The molecule has 5 heteroatoms. The first-order valence-electron chi connectivity index (χ1n) is 8.26. The van der Waals surface area contributed by atoms with Crippen LogP contribution in [0.1, 0.15) is 24.0 Å². The number of carbonyl (C=O) groups excluding carboxylic acids is 1. The maximum absolute atomic E-state index is 12.5. The van der Waals surface area contributed by atoms with E-state index in [2.05, 4.69) is 6.07 Å². The molecule has 1 aliphatic rings. The van der Waals surface area contributed by atoms with Gasteiger partial charge in [0, 0.05) is 5.56 Å². The molecule has 2 aromatic carbocycles. The number of nitrogens with zero attached hydrogens (tertiary/aromatic N) is 1. The standard InChI is InChI=1S/C21H18N2O3/c1-2-25-21(24)18-17(14-9-5-3-6-10-14)16(13-22)19(26-20(18)23)15-11-7-4-8-12-15/h3-12,17H,2,23H2,1H3/t17-/m0/s1. The number of nitrogens with two attached hydrogens (primary N) is 1. The number of allylic oxidation sites excluding steroid dienone is 1. The highest BCUT2D eigenvalue weighted by Crippen LogP contribution is 2.42. The maximum atomic E-state index is 12.5. The zero-order valence-electron chi connectivity index (χ0n) is 14.3. The Morgan fingerprint density at radius 2 is 1.77 bits per heavy atom. The van der Waals surface area contributed by atoms with E-state index >= 15 is 0 Å². The van der Waals surface area contributed by atoms with E-state index in [1.807, 2.05) is 60.7 Å². The molecule has 0 bridgehead atoms. The summed E-state index contributed by atoms with van der Waals surface area (Å²) in [5.74, 6) is -0.925. The van der Waals surface area contributed by atoms with Gasteiger partial charge in [-0.3, -0.25) is 0 Å². The van der Waals surface area contributed by atoms with Gasteiger partial charge in [0.1, 0.15) is 5.57 Å². The average molecular weight is 346 g/mol. The molecular formula is C21H18N2O3. The summed E-state index contributed by atoms with van der Waals surface area (Å²) in [6, 6.07) is 20.7. The summed E-state index contributed by atoms with van der Waals surface area (Å²) < 4.78 is 10.9. The van der Waals surface area contributed by atoms with E-state index in [4.69, 9.17) is 15.2 Å². The van der Waals surface area contributed by atoms with Gasteiger partial charge in [0.2, 0.25) is 5.88 Å². The molecule has 0 radical (unpaired) electrons. The monoisotopic (exact) mass is 346 g/mol. The average Bonchev–Trinajstić information content (AvgIpc) is 2.68. The van der Waals surface area contributed by atoms with Crippen molar-refractivity contribution in [2.24, 2.45) is 5.73 Å². The second-order valence-electron chi connectivity index (χ2n) is 5.66. The van der Waals surface area contributed by atoms with Crippen LogP contribution in [0.15, 0.2) is 77.7 Å². The second kappa shape index (κ2) is 7.58. The SMILES string of the molecule is CCOC(=O)C1=C(N)OC(c2ccccc2)=C(C#N)[C@@H]1c1ccccc1. The molecule has 0 amide bonds. The van der Waals surface area contributed by atoms with Gasteiger partial charge in [0.25, 0.3) is 0 Å². The third-order valence-corrected chi connectivity index (χ3v) is 4.08. The van der Waals surface area contributed by atoms with Gasteiger partial charge >= 0.3 is 5.97 Å². The molecule has 0 spiro atoms. The Labute approximate surface area is 152 Å². The van der Waals surface area contributed by atoms with Crippen LogP contribution in [0.25, 0.3) is 5.76 Å².